The number of rotatable bonds is 5. The number of aromatic nitrogens is 1. The number of amides is 1. The summed E-state index contributed by atoms with van der Waals surface area (Å²) >= 11 is 11.9. The first kappa shape index (κ1) is 21.9. The van der Waals surface area contributed by atoms with E-state index in [0.29, 0.717) is 49.2 Å². The number of carbonyl (C=O) groups excluding carboxylic acids is 2. The molecule has 0 aliphatic carbocycles. The summed E-state index contributed by atoms with van der Waals surface area (Å²) in [5.74, 6) is -0.776. The summed E-state index contributed by atoms with van der Waals surface area (Å²) in [6, 6.07) is 22.9. The smallest absolute Gasteiger partial charge is 0.339 e. The van der Waals surface area contributed by atoms with Gasteiger partial charge in [0.25, 0.3) is 5.91 Å². The van der Waals surface area contributed by atoms with Crippen LogP contribution in [0.3, 0.4) is 0 Å². The highest BCUT2D eigenvalue weighted by Gasteiger charge is 2.19. The lowest BCUT2D eigenvalue weighted by Gasteiger charge is -2.11. The molecule has 0 spiro atoms. The Balaban J connectivity index is 1.42. The largest absolute Gasteiger partial charge is 0.452 e. The number of fused-ring (bicyclic) bond motifs is 2. The zero-order chi connectivity index (χ0) is 23.7. The molecule has 0 bridgehead atoms. The van der Waals surface area contributed by atoms with E-state index in [4.69, 9.17) is 32.4 Å². The fourth-order valence-corrected chi connectivity index (χ4v) is 4.23. The van der Waals surface area contributed by atoms with Gasteiger partial charge in [-0.15, -0.1) is 0 Å². The van der Waals surface area contributed by atoms with Crippen molar-refractivity contribution in [2.24, 2.45) is 0 Å². The Morgan fingerprint density at radius 2 is 1.65 bits per heavy atom. The summed E-state index contributed by atoms with van der Waals surface area (Å²) in [6.45, 7) is -0.482. The molecule has 8 heteroatoms. The fourth-order valence-electron chi connectivity index (χ4n) is 3.71. The number of esters is 1. The minimum absolute atomic E-state index is 0.300. The van der Waals surface area contributed by atoms with Gasteiger partial charge in [-0.25, -0.2) is 9.78 Å². The van der Waals surface area contributed by atoms with E-state index in [1.54, 1.807) is 30.3 Å². The third kappa shape index (κ3) is 4.46. The predicted octanol–water partition coefficient (Wildman–Crippen LogP) is 6.75. The predicted molar refractivity (Wildman–Crippen MR) is 132 cm³/mol. The molecule has 0 unspecified atom stereocenters. The average Bonchev–Trinajstić information content (AvgIpc) is 3.25. The molecule has 1 N–H and O–H groups in total. The van der Waals surface area contributed by atoms with E-state index in [9.17, 15) is 9.59 Å². The van der Waals surface area contributed by atoms with Crippen molar-refractivity contribution >= 4 is 62.6 Å². The number of hydrogen-bond acceptors (Lipinski definition) is 5. The third-order valence-corrected chi connectivity index (χ3v) is 5.57. The minimum atomic E-state index is -0.645. The highest BCUT2D eigenvalue weighted by atomic mass is 35.5. The van der Waals surface area contributed by atoms with Crippen molar-refractivity contribution in [1.29, 1.82) is 0 Å². The standard InChI is InChI=1S/C26H16Cl2N2O4/c27-16-11-17(28)13-18(12-16)29-23(31)14-33-26(32)20-8-4-6-15-5-3-7-19(24(15)20)25-30-21-9-1-2-10-22(21)34-25/h1-13H,14H2,(H,29,31). The van der Waals surface area contributed by atoms with E-state index in [2.05, 4.69) is 10.3 Å². The summed E-state index contributed by atoms with van der Waals surface area (Å²) in [6.07, 6.45) is 0. The number of nitrogens with one attached hydrogen (secondary N) is 1. The zero-order valence-electron chi connectivity index (χ0n) is 17.5. The van der Waals surface area contributed by atoms with Crippen LogP contribution >= 0.6 is 23.2 Å². The van der Waals surface area contributed by atoms with Crippen molar-refractivity contribution in [3.8, 4) is 11.5 Å². The molecule has 4 aromatic carbocycles. The summed E-state index contributed by atoms with van der Waals surface area (Å²) in [5.41, 5.74) is 2.72. The molecule has 0 fully saturated rings. The van der Waals surface area contributed by atoms with Crippen LogP contribution in [0.4, 0.5) is 5.69 Å². The number of oxazole rings is 1. The molecule has 0 saturated heterocycles. The van der Waals surface area contributed by atoms with Crippen molar-refractivity contribution in [3.05, 3.63) is 94.5 Å². The molecular weight excluding hydrogens is 475 g/mol. The van der Waals surface area contributed by atoms with Gasteiger partial charge in [-0.3, -0.25) is 4.79 Å². The number of carbonyl (C=O) groups is 2. The van der Waals surface area contributed by atoms with E-state index < -0.39 is 18.5 Å². The van der Waals surface area contributed by atoms with Crippen LogP contribution in [0.15, 0.2) is 83.3 Å². The van der Waals surface area contributed by atoms with E-state index in [-0.39, 0.29) is 0 Å². The van der Waals surface area contributed by atoms with Crippen molar-refractivity contribution in [2.45, 2.75) is 0 Å². The number of halogens is 2. The maximum atomic E-state index is 13.0. The maximum Gasteiger partial charge on any atom is 0.339 e. The van der Waals surface area contributed by atoms with E-state index in [1.807, 2.05) is 48.5 Å². The quantitative estimate of drug-likeness (QED) is 0.275. The Kier molecular flexibility index (Phi) is 5.92. The minimum Gasteiger partial charge on any atom is -0.452 e. The second kappa shape index (κ2) is 9.17. The molecule has 0 aliphatic rings. The molecule has 0 radical (unpaired) electrons. The molecule has 5 aromatic rings. The van der Waals surface area contributed by atoms with Gasteiger partial charge in [-0.2, -0.15) is 0 Å². The Labute approximate surface area is 204 Å². The molecule has 0 atom stereocenters. The van der Waals surface area contributed by atoms with Crippen LogP contribution in [0.5, 0.6) is 0 Å². The van der Waals surface area contributed by atoms with Crippen molar-refractivity contribution < 1.29 is 18.7 Å². The molecule has 1 amide bonds. The highest BCUT2D eigenvalue weighted by molar-refractivity contribution is 6.35. The van der Waals surface area contributed by atoms with Gasteiger partial charge in [0.15, 0.2) is 12.2 Å². The van der Waals surface area contributed by atoms with E-state index >= 15 is 0 Å². The van der Waals surface area contributed by atoms with Gasteiger partial charge in [0.05, 0.1) is 5.56 Å². The lowest BCUT2D eigenvalue weighted by Crippen LogP contribution is -2.21. The van der Waals surface area contributed by atoms with Crippen LogP contribution < -0.4 is 5.32 Å². The van der Waals surface area contributed by atoms with Gasteiger partial charge in [-0.1, -0.05) is 59.6 Å². The van der Waals surface area contributed by atoms with Crippen LogP contribution in [0, 0.1) is 0 Å². The second-order valence-electron chi connectivity index (χ2n) is 7.48. The highest BCUT2D eigenvalue weighted by Crippen LogP contribution is 2.33. The van der Waals surface area contributed by atoms with Gasteiger partial charge in [0.2, 0.25) is 5.89 Å². The topological polar surface area (TPSA) is 81.4 Å². The van der Waals surface area contributed by atoms with Crippen LogP contribution in [-0.2, 0) is 9.53 Å². The van der Waals surface area contributed by atoms with Crippen LogP contribution in [0.1, 0.15) is 10.4 Å². The van der Waals surface area contributed by atoms with Crippen molar-refractivity contribution in [2.75, 3.05) is 11.9 Å². The molecule has 34 heavy (non-hydrogen) atoms. The van der Waals surface area contributed by atoms with Gasteiger partial charge < -0.3 is 14.5 Å². The van der Waals surface area contributed by atoms with Crippen LogP contribution in [0.25, 0.3) is 33.3 Å². The average molecular weight is 491 g/mol. The number of nitrogens with zero attached hydrogens (tertiary/aromatic N) is 1. The molecule has 0 saturated carbocycles. The lowest BCUT2D eigenvalue weighted by molar-refractivity contribution is -0.119. The van der Waals surface area contributed by atoms with Gasteiger partial charge in [0, 0.05) is 26.7 Å². The normalized spacial score (nSPS) is 11.0. The maximum absolute atomic E-state index is 13.0. The molecule has 1 aromatic heterocycles. The van der Waals surface area contributed by atoms with E-state index in [1.165, 1.54) is 0 Å². The van der Waals surface area contributed by atoms with Gasteiger partial charge in [0.1, 0.15) is 5.52 Å². The fraction of sp³-hybridized carbons (Fsp3) is 0.0385. The first-order valence-electron chi connectivity index (χ1n) is 10.3. The summed E-state index contributed by atoms with van der Waals surface area (Å²) in [4.78, 5) is 29.9. The first-order valence-corrected chi connectivity index (χ1v) is 11.0. The van der Waals surface area contributed by atoms with Crippen molar-refractivity contribution in [1.82, 2.24) is 4.98 Å². The Bertz CT molecular complexity index is 1500. The van der Waals surface area contributed by atoms with Crippen LogP contribution in [0.2, 0.25) is 10.0 Å². The summed E-state index contributed by atoms with van der Waals surface area (Å²) in [5, 5.41) is 4.80. The third-order valence-electron chi connectivity index (χ3n) is 5.13. The van der Waals surface area contributed by atoms with Crippen LogP contribution in [-0.4, -0.2) is 23.5 Å². The summed E-state index contributed by atoms with van der Waals surface area (Å²) < 4.78 is 11.2. The van der Waals surface area contributed by atoms with Gasteiger partial charge in [-0.05, 0) is 47.9 Å². The lowest BCUT2D eigenvalue weighted by atomic mass is 9.99. The Morgan fingerprint density at radius 3 is 2.41 bits per heavy atom. The van der Waals surface area contributed by atoms with Crippen molar-refractivity contribution in [3.63, 3.8) is 0 Å². The molecule has 1 heterocycles. The number of ether oxygens (including phenoxy) is 1. The first-order chi connectivity index (χ1) is 16.5. The Morgan fingerprint density at radius 1 is 0.912 bits per heavy atom. The Hall–Kier alpha value is -3.87. The monoisotopic (exact) mass is 490 g/mol. The molecule has 5 rings (SSSR count). The zero-order valence-corrected chi connectivity index (χ0v) is 19.1. The summed E-state index contributed by atoms with van der Waals surface area (Å²) in [7, 11) is 0. The number of benzene rings is 4. The second-order valence-corrected chi connectivity index (χ2v) is 8.35. The molecule has 6 nitrogen and oxygen atoms in total. The van der Waals surface area contributed by atoms with E-state index in [0.717, 1.165) is 5.39 Å². The van der Waals surface area contributed by atoms with Gasteiger partial charge >= 0.3 is 5.97 Å². The number of para-hydroxylation sites is 2. The number of hydrogen-bond donors (Lipinski definition) is 1. The molecule has 0 aliphatic heterocycles. The molecule has 168 valence electrons. The number of anilines is 1. The molecular formula is C26H16Cl2N2O4. The SMILES string of the molecule is O=C(COC(=O)c1cccc2cccc(-c3nc4ccccc4o3)c12)Nc1cc(Cl)cc(Cl)c1.